The number of carbonyl (C=O) groups is 2. The maximum Gasteiger partial charge on any atom is 0.413 e. The zero-order chi connectivity index (χ0) is 17.3. The van der Waals surface area contributed by atoms with Gasteiger partial charge in [0.25, 0.3) is 0 Å². The molecule has 2 aliphatic rings. The van der Waals surface area contributed by atoms with Crippen LogP contribution in [-0.2, 0) is 16.0 Å². The van der Waals surface area contributed by atoms with E-state index < -0.39 is 12.1 Å². The molecule has 3 rings (SSSR count). The number of ether oxygens (including phenoxy) is 1. The predicted molar refractivity (Wildman–Crippen MR) is 88.0 cm³/mol. The van der Waals surface area contributed by atoms with Crippen molar-refractivity contribution in [1.29, 1.82) is 0 Å². The van der Waals surface area contributed by atoms with E-state index in [1.165, 1.54) is 12.0 Å². The number of nitrogens with one attached hydrogen (secondary N) is 1. The van der Waals surface area contributed by atoms with Gasteiger partial charge in [-0.3, -0.25) is 9.69 Å². The Kier molecular flexibility index (Phi) is 4.51. The fraction of sp³-hybridized carbons (Fsp3) is 0.333. The first-order valence-corrected chi connectivity index (χ1v) is 7.90. The molecule has 2 aliphatic heterocycles. The van der Waals surface area contributed by atoms with Crippen LogP contribution in [0.4, 0.5) is 4.79 Å². The van der Waals surface area contributed by atoms with Crippen LogP contribution in [0.5, 0.6) is 0 Å². The van der Waals surface area contributed by atoms with Crippen molar-refractivity contribution >= 4 is 11.9 Å². The molecule has 0 aromatic heterocycles. The number of Topliss-reactive ketones (excluding diaryl/α,β-unsaturated/α-hetero) is 1. The summed E-state index contributed by atoms with van der Waals surface area (Å²) in [5.74, 6) is -0.185. The van der Waals surface area contributed by atoms with E-state index in [9.17, 15) is 14.8 Å². The molecule has 1 amide bonds. The molecule has 0 spiro atoms. The maximum absolute atomic E-state index is 12.9. The second kappa shape index (κ2) is 6.59. The SMILES string of the molecule is COC(=O)N1C=CC2=C(C1)C(=O)C(Cc1ccccc1)[NH+]([O-])C2C. The van der Waals surface area contributed by atoms with Gasteiger partial charge in [0.15, 0.2) is 6.04 Å². The van der Waals surface area contributed by atoms with Crippen molar-refractivity contribution in [2.24, 2.45) is 0 Å². The first-order valence-electron chi connectivity index (χ1n) is 7.90. The van der Waals surface area contributed by atoms with Crippen molar-refractivity contribution in [3.63, 3.8) is 0 Å². The zero-order valence-electron chi connectivity index (χ0n) is 13.7. The molecule has 1 N–H and O–H groups in total. The number of rotatable bonds is 2. The van der Waals surface area contributed by atoms with Crippen LogP contribution in [0, 0.1) is 5.21 Å². The molecular formula is C18H20N2O4. The number of benzene rings is 1. The lowest BCUT2D eigenvalue weighted by molar-refractivity contribution is -0.884. The van der Waals surface area contributed by atoms with Crippen LogP contribution in [0.1, 0.15) is 12.5 Å². The molecule has 6 heteroatoms. The van der Waals surface area contributed by atoms with Gasteiger partial charge < -0.3 is 15.0 Å². The van der Waals surface area contributed by atoms with E-state index in [0.29, 0.717) is 12.0 Å². The number of hydrogen-bond acceptors (Lipinski definition) is 4. The Morgan fingerprint density at radius 1 is 1.38 bits per heavy atom. The average molecular weight is 328 g/mol. The van der Waals surface area contributed by atoms with Crippen LogP contribution in [0.15, 0.2) is 53.8 Å². The van der Waals surface area contributed by atoms with Gasteiger partial charge in [0.05, 0.1) is 13.7 Å². The Hall–Kier alpha value is -2.44. The van der Waals surface area contributed by atoms with Gasteiger partial charge in [0.2, 0.25) is 5.78 Å². The van der Waals surface area contributed by atoms with Crippen LogP contribution in [0.25, 0.3) is 0 Å². The summed E-state index contributed by atoms with van der Waals surface area (Å²) >= 11 is 0. The highest BCUT2D eigenvalue weighted by atomic mass is 16.5. The van der Waals surface area contributed by atoms with Crippen molar-refractivity contribution in [1.82, 2.24) is 4.90 Å². The molecule has 0 saturated carbocycles. The molecule has 3 unspecified atom stereocenters. The van der Waals surface area contributed by atoms with Crippen molar-refractivity contribution in [2.75, 3.05) is 13.7 Å². The van der Waals surface area contributed by atoms with Gasteiger partial charge in [-0.15, -0.1) is 0 Å². The first-order chi connectivity index (χ1) is 11.5. The summed E-state index contributed by atoms with van der Waals surface area (Å²) < 4.78 is 4.71. The van der Waals surface area contributed by atoms with Gasteiger partial charge in [-0.25, -0.2) is 4.79 Å². The van der Waals surface area contributed by atoms with Gasteiger partial charge in [-0.2, -0.15) is 0 Å². The molecule has 6 nitrogen and oxygen atoms in total. The summed E-state index contributed by atoms with van der Waals surface area (Å²) in [6, 6.07) is 8.48. The van der Waals surface area contributed by atoms with Crippen molar-refractivity contribution < 1.29 is 19.4 Å². The zero-order valence-corrected chi connectivity index (χ0v) is 13.7. The van der Waals surface area contributed by atoms with E-state index in [1.54, 1.807) is 12.3 Å². The number of quaternary nitrogens is 1. The van der Waals surface area contributed by atoms with Crippen molar-refractivity contribution in [3.05, 3.63) is 64.5 Å². The van der Waals surface area contributed by atoms with E-state index >= 15 is 0 Å². The van der Waals surface area contributed by atoms with E-state index in [-0.39, 0.29) is 23.4 Å². The predicted octanol–water partition coefficient (Wildman–Crippen LogP) is 0.844. The molecular weight excluding hydrogens is 308 g/mol. The lowest BCUT2D eigenvalue weighted by atomic mass is 9.85. The largest absolute Gasteiger partial charge is 0.633 e. The molecule has 0 saturated heterocycles. The number of hydrogen-bond donors (Lipinski definition) is 1. The summed E-state index contributed by atoms with van der Waals surface area (Å²) in [6.07, 6.45) is 3.12. The Labute approximate surface area is 140 Å². The topological polar surface area (TPSA) is 74.1 Å². The van der Waals surface area contributed by atoms with Crippen molar-refractivity contribution in [3.8, 4) is 0 Å². The third-order valence-electron chi connectivity index (χ3n) is 4.65. The molecule has 0 aliphatic carbocycles. The third kappa shape index (κ3) is 2.86. The monoisotopic (exact) mass is 328 g/mol. The summed E-state index contributed by atoms with van der Waals surface area (Å²) in [6.45, 7) is 1.97. The number of nitrogens with zero attached hydrogens (tertiary/aromatic N) is 1. The lowest BCUT2D eigenvalue weighted by Gasteiger charge is -2.42. The van der Waals surface area contributed by atoms with Crippen LogP contribution in [-0.4, -0.2) is 42.5 Å². The van der Waals surface area contributed by atoms with E-state index in [0.717, 1.165) is 11.1 Å². The van der Waals surface area contributed by atoms with Crippen LogP contribution in [0.3, 0.4) is 0 Å². The maximum atomic E-state index is 12.9. The molecule has 0 radical (unpaired) electrons. The Balaban J connectivity index is 1.88. The average Bonchev–Trinajstić information content (AvgIpc) is 2.63. The molecule has 126 valence electrons. The standard InChI is InChI=1S/C18H20N2O4/c1-12-14-8-9-19(18(22)24-2)11-15(14)17(21)16(20(12)23)10-13-6-4-3-5-7-13/h3-9,12,16,20H,10-11H2,1-2H3. The highest BCUT2D eigenvalue weighted by molar-refractivity contribution is 6.01. The summed E-state index contributed by atoms with van der Waals surface area (Å²) in [7, 11) is 1.30. The molecule has 2 heterocycles. The molecule has 0 bridgehead atoms. The van der Waals surface area contributed by atoms with E-state index in [1.807, 2.05) is 37.3 Å². The molecule has 1 aromatic rings. The number of carbonyl (C=O) groups excluding carboxylic acids is 2. The van der Waals surface area contributed by atoms with Crippen LogP contribution < -0.4 is 5.06 Å². The highest BCUT2D eigenvalue weighted by Crippen LogP contribution is 2.23. The highest BCUT2D eigenvalue weighted by Gasteiger charge is 2.41. The normalized spacial score (nSPS) is 26.4. The Morgan fingerprint density at radius 3 is 2.75 bits per heavy atom. The van der Waals surface area contributed by atoms with E-state index in [4.69, 9.17) is 4.74 Å². The smallest absolute Gasteiger partial charge is 0.413 e. The minimum atomic E-state index is -0.688. The van der Waals surface area contributed by atoms with E-state index in [2.05, 4.69) is 0 Å². The minimum Gasteiger partial charge on any atom is -0.633 e. The lowest BCUT2D eigenvalue weighted by Crippen LogP contribution is -3.17. The van der Waals surface area contributed by atoms with Crippen molar-refractivity contribution in [2.45, 2.75) is 25.4 Å². The van der Waals surface area contributed by atoms with Gasteiger partial charge in [0.1, 0.15) is 6.04 Å². The molecule has 0 fully saturated rings. The quantitative estimate of drug-likeness (QED) is 0.817. The Morgan fingerprint density at radius 2 is 2.08 bits per heavy atom. The molecule has 1 aromatic carbocycles. The fourth-order valence-corrected chi connectivity index (χ4v) is 3.29. The number of hydroxylamine groups is 2. The third-order valence-corrected chi connectivity index (χ3v) is 4.65. The second-order valence-electron chi connectivity index (χ2n) is 6.08. The van der Waals surface area contributed by atoms with Crippen LogP contribution in [0.2, 0.25) is 0 Å². The fourth-order valence-electron chi connectivity index (χ4n) is 3.29. The minimum absolute atomic E-state index is 0.0567. The number of amides is 1. The van der Waals surface area contributed by atoms with Gasteiger partial charge in [0, 0.05) is 23.8 Å². The number of ketones is 1. The number of methoxy groups -OCH3 is 1. The van der Waals surface area contributed by atoms with Gasteiger partial charge in [-0.05, 0) is 18.6 Å². The summed E-state index contributed by atoms with van der Waals surface area (Å²) in [5, 5.41) is 12.6. The van der Waals surface area contributed by atoms with Gasteiger partial charge >= 0.3 is 6.09 Å². The molecule has 3 atom stereocenters. The summed E-state index contributed by atoms with van der Waals surface area (Å²) in [5.41, 5.74) is 2.21. The Bertz CT molecular complexity index is 711. The molecule has 24 heavy (non-hydrogen) atoms. The second-order valence-corrected chi connectivity index (χ2v) is 6.08. The van der Waals surface area contributed by atoms with Gasteiger partial charge in [-0.1, -0.05) is 30.3 Å². The summed E-state index contributed by atoms with van der Waals surface area (Å²) in [4.78, 5) is 25.9. The first kappa shape index (κ1) is 16.4. The van der Waals surface area contributed by atoms with Crippen LogP contribution >= 0.6 is 0 Å².